The first-order chi connectivity index (χ1) is 17.5. The van der Waals surface area contributed by atoms with E-state index in [2.05, 4.69) is 5.32 Å². The number of amides is 2. The number of methoxy groups -OCH3 is 1. The van der Waals surface area contributed by atoms with Gasteiger partial charge in [0.15, 0.2) is 5.17 Å². The van der Waals surface area contributed by atoms with Crippen LogP contribution in [0.4, 0.5) is 5.69 Å². The van der Waals surface area contributed by atoms with Crippen molar-refractivity contribution < 1.29 is 14.3 Å². The standard InChI is InChI=1S/C28H28ClN3O3S/c1-35-24-13-7-21(8-14-24)16-18-32-26(33)19-25(27(34)30-17-15-20-5-3-2-4-6-20)36-28(32)31-23-11-9-22(29)10-12-23/h2-14,25H,15-19H2,1H3,(H,30,34)/t25-/m0/s1. The highest BCUT2D eigenvalue weighted by Gasteiger charge is 2.35. The molecule has 1 fully saturated rings. The average molecular weight is 522 g/mol. The second kappa shape index (κ2) is 12.6. The molecule has 1 saturated heterocycles. The third-order valence-corrected chi connectivity index (χ3v) is 7.26. The summed E-state index contributed by atoms with van der Waals surface area (Å²) in [5.74, 6) is 0.524. The van der Waals surface area contributed by atoms with Crippen molar-refractivity contribution >= 4 is 46.0 Å². The molecule has 0 aliphatic carbocycles. The molecule has 0 unspecified atom stereocenters. The maximum absolute atomic E-state index is 13.2. The van der Waals surface area contributed by atoms with Crippen molar-refractivity contribution in [1.82, 2.24) is 10.2 Å². The van der Waals surface area contributed by atoms with Gasteiger partial charge in [-0.15, -0.1) is 0 Å². The van der Waals surface area contributed by atoms with Crippen molar-refractivity contribution in [3.05, 3.63) is 95.0 Å². The number of thioether (sulfide) groups is 1. The smallest absolute Gasteiger partial charge is 0.234 e. The van der Waals surface area contributed by atoms with Crippen molar-refractivity contribution in [3.63, 3.8) is 0 Å². The Hall–Kier alpha value is -3.29. The summed E-state index contributed by atoms with van der Waals surface area (Å²) < 4.78 is 5.23. The summed E-state index contributed by atoms with van der Waals surface area (Å²) in [4.78, 5) is 32.5. The molecule has 0 aromatic heterocycles. The third kappa shape index (κ3) is 7.12. The maximum Gasteiger partial charge on any atom is 0.234 e. The van der Waals surface area contributed by atoms with E-state index in [0.717, 1.165) is 23.3 Å². The Bertz CT molecular complexity index is 1200. The average Bonchev–Trinajstić information content (AvgIpc) is 2.90. The molecule has 2 amide bonds. The molecule has 8 heteroatoms. The van der Waals surface area contributed by atoms with Crippen LogP contribution in [0.3, 0.4) is 0 Å². The van der Waals surface area contributed by atoms with E-state index in [-0.39, 0.29) is 18.2 Å². The number of ether oxygens (including phenoxy) is 1. The molecule has 3 aromatic rings. The zero-order chi connectivity index (χ0) is 25.3. The van der Waals surface area contributed by atoms with Gasteiger partial charge in [-0.1, -0.05) is 65.8 Å². The van der Waals surface area contributed by atoms with E-state index in [4.69, 9.17) is 21.3 Å². The number of hydrogen-bond acceptors (Lipinski definition) is 5. The molecule has 36 heavy (non-hydrogen) atoms. The summed E-state index contributed by atoms with van der Waals surface area (Å²) in [6.45, 7) is 0.978. The Balaban J connectivity index is 1.45. The van der Waals surface area contributed by atoms with Crippen LogP contribution in [0.15, 0.2) is 83.9 Å². The van der Waals surface area contributed by atoms with Crippen LogP contribution < -0.4 is 10.1 Å². The Morgan fingerprint density at radius 3 is 2.42 bits per heavy atom. The molecule has 0 spiro atoms. The second-order valence-electron chi connectivity index (χ2n) is 8.35. The highest BCUT2D eigenvalue weighted by atomic mass is 35.5. The van der Waals surface area contributed by atoms with Gasteiger partial charge < -0.3 is 10.1 Å². The number of nitrogens with zero attached hydrogens (tertiary/aromatic N) is 2. The van der Waals surface area contributed by atoms with E-state index < -0.39 is 5.25 Å². The Labute approximate surface area is 220 Å². The van der Waals surface area contributed by atoms with Gasteiger partial charge in [-0.25, -0.2) is 4.99 Å². The quantitative estimate of drug-likeness (QED) is 0.416. The highest BCUT2D eigenvalue weighted by Crippen LogP contribution is 2.30. The van der Waals surface area contributed by atoms with Crippen LogP contribution in [-0.4, -0.2) is 47.3 Å². The van der Waals surface area contributed by atoms with Gasteiger partial charge in [0.2, 0.25) is 11.8 Å². The lowest BCUT2D eigenvalue weighted by Gasteiger charge is -2.32. The molecular formula is C28H28ClN3O3S. The maximum atomic E-state index is 13.2. The minimum absolute atomic E-state index is 0.113. The van der Waals surface area contributed by atoms with Crippen molar-refractivity contribution in [2.24, 2.45) is 4.99 Å². The molecule has 1 aliphatic rings. The van der Waals surface area contributed by atoms with Crippen molar-refractivity contribution in [2.45, 2.75) is 24.5 Å². The molecule has 1 N–H and O–H groups in total. The van der Waals surface area contributed by atoms with Crippen LogP contribution in [-0.2, 0) is 22.4 Å². The molecule has 1 aliphatic heterocycles. The van der Waals surface area contributed by atoms with Crippen LogP contribution in [0.25, 0.3) is 0 Å². The second-order valence-corrected chi connectivity index (χ2v) is 9.96. The zero-order valence-corrected chi connectivity index (χ0v) is 21.6. The fraction of sp³-hybridized carbons (Fsp3) is 0.250. The molecule has 1 atom stereocenters. The molecule has 1 heterocycles. The Morgan fingerprint density at radius 2 is 1.72 bits per heavy atom. The fourth-order valence-corrected chi connectivity index (χ4v) is 5.08. The van der Waals surface area contributed by atoms with Crippen molar-refractivity contribution in [3.8, 4) is 5.75 Å². The molecule has 3 aromatic carbocycles. The lowest BCUT2D eigenvalue weighted by molar-refractivity contribution is -0.130. The topological polar surface area (TPSA) is 71.0 Å². The SMILES string of the molecule is COc1ccc(CCN2C(=O)C[C@@H](C(=O)NCCc3ccccc3)SC2=Nc2ccc(Cl)cc2)cc1. The first-order valence-electron chi connectivity index (χ1n) is 11.8. The van der Waals surface area contributed by atoms with E-state index in [1.165, 1.54) is 11.8 Å². The van der Waals surface area contributed by atoms with Crippen LogP contribution in [0.2, 0.25) is 5.02 Å². The number of halogens is 1. The Morgan fingerprint density at radius 1 is 1.03 bits per heavy atom. The van der Waals surface area contributed by atoms with E-state index in [1.807, 2.05) is 54.6 Å². The van der Waals surface area contributed by atoms with E-state index in [0.29, 0.717) is 35.4 Å². The van der Waals surface area contributed by atoms with Crippen LogP contribution in [0.1, 0.15) is 17.5 Å². The molecule has 6 nitrogen and oxygen atoms in total. The third-order valence-electron chi connectivity index (χ3n) is 5.82. The lowest BCUT2D eigenvalue weighted by atomic mass is 10.1. The Kier molecular flexibility index (Phi) is 9.03. The van der Waals surface area contributed by atoms with Gasteiger partial charge in [0.25, 0.3) is 0 Å². The monoisotopic (exact) mass is 521 g/mol. The summed E-state index contributed by atoms with van der Waals surface area (Å²) in [6.07, 6.45) is 1.52. The minimum Gasteiger partial charge on any atom is -0.497 e. The van der Waals surface area contributed by atoms with E-state index in [1.54, 1.807) is 36.3 Å². The number of carbonyl (C=O) groups excluding carboxylic acids is 2. The molecule has 0 bridgehead atoms. The van der Waals surface area contributed by atoms with Gasteiger partial charge in [0.1, 0.15) is 5.75 Å². The molecule has 186 valence electrons. The van der Waals surface area contributed by atoms with E-state index >= 15 is 0 Å². The minimum atomic E-state index is -0.531. The first kappa shape index (κ1) is 25.8. The lowest BCUT2D eigenvalue weighted by Crippen LogP contribution is -2.47. The first-order valence-corrected chi connectivity index (χ1v) is 13.0. The number of nitrogens with one attached hydrogen (secondary N) is 1. The number of carbonyl (C=O) groups is 2. The van der Waals surface area contributed by atoms with Gasteiger partial charge in [-0.2, -0.15) is 0 Å². The molecule has 0 saturated carbocycles. The predicted molar refractivity (Wildman–Crippen MR) is 146 cm³/mol. The number of rotatable bonds is 9. The summed E-state index contributed by atoms with van der Waals surface area (Å²) in [7, 11) is 1.63. The van der Waals surface area contributed by atoms with Gasteiger partial charge in [-0.3, -0.25) is 14.5 Å². The van der Waals surface area contributed by atoms with Gasteiger partial charge >= 0.3 is 0 Å². The van der Waals surface area contributed by atoms with Crippen LogP contribution >= 0.6 is 23.4 Å². The summed E-state index contributed by atoms with van der Waals surface area (Å²) in [5, 5.41) is 3.58. The van der Waals surface area contributed by atoms with E-state index in [9.17, 15) is 9.59 Å². The number of hydrogen-bond donors (Lipinski definition) is 1. The zero-order valence-electron chi connectivity index (χ0n) is 20.0. The molecule has 4 rings (SSSR count). The normalized spacial score (nSPS) is 16.7. The summed E-state index contributed by atoms with van der Waals surface area (Å²) in [6, 6.07) is 24.9. The van der Waals surface area contributed by atoms with Crippen molar-refractivity contribution in [2.75, 3.05) is 20.2 Å². The largest absolute Gasteiger partial charge is 0.497 e. The predicted octanol–water partition coefficient (Wildman–Crippen LogP) is 5.27. The number of aliphatic imine (C=N–C) groups is 1. The number of benzene rings is 3. The van der Waals surface area contributed by atoms with Gasteiger partial charge in [0.05, 0.1) is 18.0 Å². The summed E-state index contributed by atoms with van der Waals surface area (Å²) >= 11 is 7.35. The number of amidine groups is 1. The van der Waals surface area contributed by atoms with Crippen LogP contribution in [0, 0.1) is 0 Å². The highest BCUT2D eigenvalue weighted by molar-refractivity contribution is 8.15. The fourth-order valence-electron chi connectivity index (χ4n) is 3.81. The van der Waals surface area contributed by atoms with Crippen molar-refractivity contribution in [1.29, 1.82) is 0 Å². The molecule has 0 radical (unpaired) electrons. The van der Waals surface area contributed by atoms with Gasteiger partial charge in [-0.05, 0) is 60.4 Å². The molecular weight excluding hydrogens is 494 g/mol. The van der Waals surface area contributed by atoms with Crippen LogP contribution in [0.5, 0.6) is 5.75 Å². The summed E-state index contributed by atoms with van der Waals surface area (Å²) in [5.41, 5.74) is 2.91. The van der Waals surface area contributed by atoms with Gasteiger partial charge in [0, 0.05) is 24.5 Å².